The van der Waals surface area contributed by atoms with Crippen LogP contribution >= 0.6 is 11.8 Å². The Morgan fingerprint density at radius 2 is 1.81 bits per heavy atom. The summed E-state index contributed by atoms with van der Waals surface area (Å²) < 4.78 is 25.4. The molecule has 2 aromatic carbocycles. The Balaban J connectivity index is 1.77. The third kappa shape index (κ3) is 6.05. The van der Waals surface area contributed by atoms with Gasteiger partial charge in [-0.25, -0.2) is 17.5 Å². The number of thioether (sulfide) groups is 1. The predicted octanol–water partition coefficient (Wildman–Crippen LogP) is 2.99. The van der Waals surface area contributed by atoms with Gasteiger partial charge in [0.1, 0.15) is 0 Å². The molecular weight excluding hydrogens is 370 g/mol. The highest BCUT2D eigenvalue weighted by Gasteiger charge is 2.17. The average Bonchev–Trinajstić information content (AvgIpc) is 2.62. The van der Waals surface area contributed by atoms with Crippen LogP contribution in [0.3, 0.4) is 0 Å². The highest BCUT2D eigenvalue weighted by Crippen LogP contribution is 2.18. The van der Waals surface area contributed by atoms with Crippen molar-refractivity contribution in [2.75, 3.05) is 31.7 Å². The molecule has 2 aromatic rings. The lowest BCUT2D eigenvalue weighted by molar-refractivity contribution is 0.252. The summed E-state index contributed by atoms with van der Waals surface area (Å²) >= 11 is 1.74. The lowest BCUT2D eigenvalue weighted by Crippen LogP contribution is -2.30. The quantitative estimate of drug-likeness (QED) is 0.676. The highest BCUT2D eigenvalue weighted by atomic mass is 32.2. The van der Waals surface area contributed by atoms with Crippen molar-refractivity contribution in [3.8, 4) is 0 Å². The Kier molecular flexibility index (Phi) is 7.50. The maximum atomic E-state index is 12.1. The smallest absolute Gasteiger partial charge is 0.319 e. The summed E-state index contributed by atoms with van der Waals surface area (Å²) in [4.78, 5) is 12.1. The molecule has 2 amide bonds. The highest BCUT2D eigenvalue weighted by molar-refractivity contribution is 7.98. The molecule has 140 valence electrons. The minimum Gasteiger partial charge on any atom is -0.337 e. The summed E-state index contributed by atoms with van der Waals surface area (Å²) in [6, 6.07) is 16.0. The van der Waals surface area contributed by atoms with Crippen molar-refractivity contribution >= 4 is 33.5 Å². The van der Waals surface area contributed by atoms with Crippen LogP contribution in [0.25, 0.3) is 0 Å². The maximum Gasteiger partial charge on any atom is 0.319 e. The second kappa shape index (κ2) is 9.61. The average molecular weight is 394 g/mol. The fourth-order valence-electron chi connectivity index (χ4n) is 2.12. The number of benzene rings is 2. The molecule has 0 fully saturated rings. The van der Waals surface area contributed by atoms with Crippen molar-refractivity contribution in [2.24, 2.45) is 0 Å². The maximum absolute atomic E-state index is 12.1. The molecule has 0 saturated carbocycles. The number of carbonyl (C=O) groups is 1. The SMILES string of the molecule is CN(C)S(=O)(=O)c1cccc(NC(=O)NCCSCc2ccccc2)c1. The van der Waals surface area contributed by atoms with Crippen LogP contribution in [0, 0.1) is 0 Å². The van der Waals surface area contributed by atoms with E-state index in [1.807, 2.05) is 18.2 Å². The van der Waals surface area contributed by atoms with Crippen molar-refractivity contribution in [3.05, 3.63) is 60.2 Å². The molecule has 2 rings (SSSR count). The number of hydrogen-bond acceptors (Lipinski definition) is 4. The molecule has 0 bridgehead atoms. The molecule has 26 heavy (non-hydrogen) atoms. The van der Waals surface area contributed by atoms with Gasteiger partial charge in [0, 0.05) is 37.8 Å². The molecule has 2 N–H and O–H groups in total. The van der Waals surface area contributed by atoms with Gasteiger partial charge < -0.3 is 10.6 Å². The van der Waals surface area contributed by atoms with Crippen molar-refractivity contribution in [1.29, 1.82) is 0 Å². The molecule has 0 aliphatic heterocycles. The Morgan fingerprint density at radius 3 is 2.50 bits per heavy atom. The number of carbonyl (C=O) groups excluding carboxylic acids is 1. The van der Waals surface area contributed by atoms with E-state index in [4.69, 9.17) is 0 Å². The number of hydrogen-bond donors (Lipinski definition) is 2. The van der Waals surface area contributed by atoms with Gasteiger partial charge >= 0.3 is 6.03 Å². The van der Waals surface area contributed by atoms with Crippen LogP contribution in [0.2, 0.25) is 0 Å². The third-order valence-corrected chi connectivity index (χ3v) is 6.36. The Morgan fingerprint density at radius 1 is 1.08 bits per heavy atom. The monoisotopic (exact) mass is 393 g/mol. The topological polar surface area (TPSA) is 78.5 Å². The van der Waals surface area contributed by atoms with E-state index in [9.17, 15) is 13.2 Å². The van der Waals surface area contributed by atoms with Gasteiger partial charge in [0.15, 0.2) is 0 Å². The van der Waals surface area contributed by atoms with E-state index in [1.54, 1.807) is 23.9 Å². The Labute approximate surface area is 159 Å². The second-order valence-electron chi connectivity index (χ2n) is 5.73. The van der Waals surface area contributed by atoms with Crippen LogP contribution in [-0.2, 0) is 15.8 Å². The standard InChI is InChI=1S/C18H23N3O3S2/c1-21(2)26(23,24)17-10-6-9-16(13-17)20-18(22)19-11-12-25-14-15-7-4-3-5-8-15/h3-10,13H,11-12,14H2,1-2H3,(H2,19,20,22). The summed E-state index contributed by atoms with van der Waals surface area (Å²) in [6.07, 6.45) is 0. The summed E-state index contributed by atoms with van der Waals surface area (Å²) in [6.45, 7) is 0.527. The lowest BCUT2D eigenvalue weighted by atomic mass is 10.2. The van der Waals surface area contributed by atoms with Crippen molar-refractivity contribution in [1.82, 2.24) is 9.62 Å². The molecule has 0 spiro atoms. The first-order chi connectivity index (χ1) is 12.4. The normalized spacial score (nSPS) is 11.3. The summed E-state index contributed by atoms with van der Waals surface area (Å²) in [5, 5.41) is 5.43. The Bertz CT molecular complexity index is 825. The molecular formula is C18H23N3O3S2. The Hall–Kier alpha value is -2.03. The fraction of sp³-hybridized carbons (Fsp3) is 0.278. The van der Waals surface area contributed by atoms with E-state index < -0.39 is 10.0 Å². The van der Waals surface area contributed by atoms with Crippen molar-refractivity contribution < 1.29 is 13.2 Å². The molecule has 0 radical (unpaired) electrons. The van der Waals surface area contributed by atoms with Crippen LogP contribution in [0.15, 0.2) is 59.5 Å². The van der Waals surface area contributed by atoms with E-state index in [1.165, 1.54) is 31.8 Å². The number of rotatable bonds is 8. The molecule has 8 heteroatoms. The van der Waals surface area contributed by atoms with Gasteiger partial charge in [-0.15, -0.1) is 0 Å². The van der Waals surface area contributed by atoms with Gasteiger partial charge in [0.25, 0.3) is 0 Å². The minimum absolute atomic E-state index is 0.138. The van der Waals surface area contributed by atoms with Gasteiger partial charge in [-0.1, -0.05) is 36.4 Å². The van der Waals surface area contributed by atoms with Crippen molar-refractivity contribution in [2.45, 2.75) is 10.6 Å². The fourth-order valence-corrected chi connectivity index (χ4v) is 3.89. The van der Waals surface area contributed by atoms with Crippen LogP contribution in [-0.4, -0.2) is 45.1 Å². The minimum atomic E-state index is -3.53. The number of sulfonamides is 1. The zero-order chi connectivity index (χ0) is 19.0. The first-order valence-electron chi connectivity index (χ1n) is 8.09. The summed E-state index contributed by atoms with van der Waals surface area (Å²) in [5.41, 5.74) is 1.68. The third-order valence-electron chi connectivity index (χ3n) is 3.51. The van der Waals surface area contributed by atoms with E-state index in [-0.39, 0.29) is 10.9 Å². The van der Waals surface area contributed by atoms with Gasteiger partial charge in [-0.3, -0.25) is 0 Å². The lowest BCUT2D eigenvalue weighted by Gasteiger charge is -2.13. The van der Waals surface area contributed by atoms with E-state index in [2.05, 4.69) is 22.8 Å². The number of nitrogens with one attached hydrogen (secondary N) is 2. The van der Waals surface area contributed by atoms with Crippen LogP contribution < -0.4 is 10.6 Å². The van der Waals surface area contributed by atoms with Crippen LogP contribution in [0.5, 0.6) is 0 Å². The van der Waals surface area contributed by atoms with E-state index >= 15 is 0 Å². The van der Waals surface area contributed by atoms with Gasteiger partial charge in [-0.2, -0.15) is 11.8 Å². The van der Waals surface area contributed by atoms with Gasteiger partial charge in [-0.05, 0) is 23.8 Å². The molecule has 6 nitrogen and oxygen atoms in total. The molecule has 0 unspecified atom stereocenters. The molecule has 0 saturated heterocycles. The number of nitrogens with zero attached hydrogens (tertiary/aromatic N) is 1. The molecule has 0 aliphatic carbocycles. The molecule has 0 aromatic heterocycles. The summed E-state index contributed by atoms with van der Waals surface area (Å²) in [7, 11) is -0.593. The van der Waals surface area contributed by atoms with E-state index in [0.717, 1.165) is 15.8 Å². The zero-order valence-electron chi connectivity index (χ0n) is 14.8. The largest absolute Gasteiger partial charge is 0.337 e. The second-order valence-corrected chi connectivity index (χ2v) is 8.99. The van der Waals surface area contributed by atoms with Crippen molar-refractivity contribution in [3.63, 3.8) is 0 Å². The number of amides is 2. The summed E-state index contributed by atoms with van der Waals surface area (Å²) in [5.74, 6) is 1.69. The first kappa shape index (κ1) is 20.3. The predicted molar refractivity (Wildman–Crippen MR) is 107 cm³/mol. The van der Waals surface area contributed by atoms with Crippen LogP contribution in [0.1, 0.15) is 5.56 Å². The number of anilines is 1. The van der Waals surface area contributed by atoms with Crippen LogP contribution in [0.4, 0.5) is 10.5 Å². The first-order valence-corrected chi connectivity index (χ1v) is 10.7. The zero-order valence-corrected chi connectivity index (χ0v) is 16.4. The molecule has 0 aliphatic rings. The van der Waals surface area contributed by atoms with E-state index in [0.29, 0.717) is 12.2 Å². The molecule has 0 heterocycles. The number of urea groups is 1. The molecule has 0 atom stereocenters. The van der Waals surface area contributed by atoms with Gasteiger partial charge in [0.05, 0.1) is 4.90 Å². The van der Waals surface area contributed by atoms with Gasteiger partial charge in [0.2, 0.25) is 10.0 Å².